The second-order valence-corrected chi connectivity index (χ2v) is 5.88. The van der Waals surface area contributed by atoms with Gasteiger partial charge in [-0.25, -0.2) is 0 Å². The van der Waals surface area contributed by atoms with E-state index in [2.05, 4.69) is 28.6 Å². The van der Waals surface area contributed by atoms with Crippen molar-refractivity contribution in [1.82, 2.24) is 14.8 Å². The largest absolute Gasteiger partial charge is 0.388 e. The Balaban J connectivity index is 1.95. The number of hydrogen-bond donors (Lipinski definition) is 1. The first-order chi connectivity index (χ1) is 8.20. The summed E-state index contributed by atoms with van der Waals surface area (Å²) in [5.41, 5.74) is 0. The maximum Gasteiger partial charge on any atom is 0.159 e. The van der Waals surface area contributed by atoms with Gasteiger partial charge >= 0.3 is 0 Å². The number of fused-ring (bicyclic) bond motifs is 2. The molecule has 4 nitrogen and oxygen atoms in total. The Morgan fingerprint density at radius 1 is 1.29 bits per heavy atom. The van der Waals surface area contributed by atoms with Gasteiger partial charge in [0.15, 0.2) is 5.82 Å². The Labute approximate surface area is 102 Å². The predicted octanol–water partition coefficient (Wildman–Crippen LogP) is 2.25. The zero-order valence-electron chi connectivity index (χ0n) is 10.6. The van der Waals surface area contributed by atoms with E-state index in [0.29, 0.717) is 12.0 Å². The van der Waals surface area contributed by atoms with Crippen LogP contribution in [-0.2, 0) is 6.61 Å². The van der Waals surface area contributed by atoms with Gasteiger partial charge in [0.2, 0.25) is 0 Å². The molecule has 1 aromatic rings. The molecule has 1 N–H and O–H groups in total. The van der Waals surface area contributed by atoms with Crippen molar-refractivity contribution in [3.63, 3.8) is 0 Å². The minimum absolute atomic E-state index is 0.00794. The zero-order valence-corrected chi connectivity index (χ0v) is 10.6. The molecular formula is C13H21N3O. The van der Waals surface area contributed by atoms with Crippen LogP contribution in [0.25, 0.3) is 0 Å². The molecule has 2 aliphatic rings. The minimum atomic E-state index is -0.00794. The molecule has 94 valence electrons. The van der Waals surface area contributed by atoms with E-state index >= 15 is 0 Å². The van der Waals surface area contributed by atoms with Crippen molar-refractivity contribution < 1.29 is 5.11 Å². The van der Waals surface area contributed by atoms with Gasteiger partial charge < -0.3 is 9.67 Å². The summed E-state index contributed by atoms with van der Waals surface area (Å²) in [6.07, 6.45) is 5.42. The molecule has 2 saturated carbocycles. The summed E-state index contributed by atoms with van der Waals surface area (Å²) in [5, 5.41) is 17.8. The molecular weight excluding hydrogens is 214 g/mol. The van der Waals surface area contributed by atoms with Gasteiger partial charge in [0.05, 0.1) is 0 Å². The summed E-state index contributed by atoms with van der Waals surface area (Å²) in [4.78, 5) is 0. The highest BCUT2D eigenvalue weighted by Crippen LogP contribution is 2.52. The molecule has 2 fully saturated rings. The Kier molecular flexibility index (Phi) is 2.69. The van der Waals surface area contributed by atoms with E-state index in [1.165, 1.54) is 25.7 Å². The maximum absolute atomic E-state index is 9.33. The van der Waals surface area contributed by atoms with Crippen molar-refractivity contribution in [3.8, 4) is 0 Å². The third-order valence-corrected chi connectivity index (χ3v) is 4.52. The van der Waals surface area contributed by atoms with Gasteiger partial charge in [-0.1, -0.05) is 6.42 Å². The van der Waals surface area contributed by atoms with Crippen molar-refractivity contribution in [2.45, 2.75) is 58.1 Å². The quantitative estimate of drug-likeness (QED) is 0.874. The van der Waals surface area contributed by atoms with Crippen LogP contribution in [-0.4, -0.2) is 19.9 Å². The number of aliphatic hydroxyl groups excluding tert-OH is 1. The Hall–Kier alpha value is -0.900. The van der Waals surface area contributed by atoms with Crippen molar-refractivity contribution in [2.24, 2.45) is 11.8 Å². The Morgan fingerprint density at radius 2 is 2.12 bits per heavy atom. The molecule has 0 spiro atoms. The summed E-state index contributed by atoms with van der Waals surface area (Å²) in [6, 6.07) is 0.335. The first-order valence-corrected chi connectivity index (χ1v) is 6.75. The number of rotatable bonds is 3. The van der Waals surface area contributed by atoms with E-state index in [1.807, 2.05) is 0 Å². The molecule has 2 bridgehead atoms. The molecule has 1 heterocycles. The van der Waals surface area contributed by atoms with Crippen molar-refractivity contribution in [2.75, 3.05) is 0 Å². The second kappa shape index (κ2) is 4.09. The van der Waals surface area contributed by atoms with Gasteiger partial charge in [0, 0.05) is 12.0 Å². The van der Waals surface area contributed by atoms with Gasteiger partial charge in [-0.2, -0.15) is 0 Å². The summed E-state index contributed by atoms with van der Waals surface area (Å²) < 4.78 is 2.14. The van der Waals surface area contributed by atoms with Gasteiger partial charge in [-0.15, -0.1) is 10.2 Å². The van der Waals surface area contributed by atoms with Gasteiger partial charge in [0.1, 0.15) is 12.4 Å². The van der Waals surface area contributed by atoms with E-state index in [9.17, 15) is 5.11 Å². The normalized spacial score (nSPS) is 31.6. The van der Waals surface area contributed by atoms with Gasteiger partial charge in [0.25, 0.3) is 0 Å². The molecule has 0 saturated heterocycles. The predicted molar refractivity (Wildman–Crippen MR) is 64.5 cm³/mol. The fourth-order valence-electron chi connectivity index (χ4n) is 3.82. The van der Waals surface area contributed by atoms with Crippen LogP contribution in [0.15, 0.2) is 0 Å². The Morgan fingerprint density at radius 3 is 2.65 bits per heavy atom. The molecule has 0 amide bonds. The van der Waals surface area contributed by atoms with Crippen LogP contribution in [0.5, 0.6) is 0 Å². The third kappa shape index (κ3) is 1.69. The number of nitrogens with zero attached hydrogens (tertiary/aromatic N) is 3. The fraction of sp³-hybridized carbons (Fsp3) is 0.846. The average Bonchev–Trinajstić information content (AvgIpc) is 3.02. The summed E-state index contributed by atoms with van der Waals surface area (Å²) in [6.45, 7) is 4.27. The van der Waals surface area contributed by atoms with Crippen molar-refractivity contribution in [1.29, 1.82) is 0 Å². The maximum atomic E-state index is 9.33. The monoisotopic (exact) mass is 235 g/mol. The lowest BCUT2D eigenvalue weighted by atomic mass is 9.88. The van der Waals surface area contributed by atoms with Crippen molar-refractivity contribution >= 4 is 0 Å². The lowest BCUT2D eigenvalue weighted by Crippen LogP contribution is -2.17. The van der Waals surface area contributed by atoms with Gasteiger partial charge in [-0.3, -0.25) is 0 Å². The lowest BCUT2D eigenvalue weighted by Gasteiger charge is -2.23. The van der Waals surface area contributed by atoms with Crippen LogP contribution >= 0.6 is 0 Å². The SMILES string of the molecule is CC(C)n1c(CO)nnc1C1CC2CCC1C2. The highest BCUT2D eigenvalue weighted by Gasteiger charge is 2.42. The topological polar surface area (TPSA) is 50.9 Å². The second-order valence-electron chi connectivity index (χ2n) is 5.88. The van der Waals surface area contributed by atoms with Crippen LogP contribution in [0.2, 0.25) is 0 Å². The molecule has 3 rings (SSSR count). The highest BCUT2D eigenvalue weighted by atomic mass is 16.3. The van der Waals surface area contributed by atoms with Gasteiger partial charge in [-0.05, 0) is 44.9 Å². The van der Waals surface area contributed by atoms with Crippen LogP contribution in [0.3, 0.4) is 0 Å². The van der Waals surface area contributed by atoms with Crippen LogP contribution in [0, 0.1) is 11.8 Å². The molecule has 4 heteroatoms. The van der Waals surface area contributed by atoms with Crippen molar-refractivity contribution in [3.05, 3.63) is 11.6 Å². The average molecular weight is 235 g/mol. The Bertz CT molecular complexity index is 413. The lowest BCUT2D eigenvalue weighted by molar-refractivity contribution is 0.260. The van der Waals surface area contributed by atoms with E-state index in [-0.39, 0.29) is 6.61 Å². The first kappa shape index (κ1) is 11.2. The molecule has 0 radical (unpaired) electrons. The molecule has 2 aliphatic carbocycles. The highest BCUT2D eigenvalue weighted by molar-refractivity contribution is 5.10. The van der Waals surface area contributed by atoms with E-state index in [0.717, 1.165) is 23.5 Å². The number of aliphatic hydroxyl groups is 1. The summed E-state index contributed by atoms with van der Waals surface area (Å²) >= 11 is 0. The van der Waals surface area contributed by atoms with Crippen LogP contribution < -0.4 is 0 Å². The summed E-state index contributed by atoms with van der Waals surface area (Å²) in [7, 11) is 0. The van der Waals surface area contributed by atoms with E-state index in [1.54, 1.807) is 0 Å². The van der Waals surface area contributed by atoms with Crippen LogP contribution in [0.4, 0.5) is 0 Å². The first-order valence-electron chi connectivity index (χ1n) is 6.75. The van der Waals surface area contributed by atoms with E-state index < -0.39 is 0 Å². The molecule has 17 heavy (non-hydrogen) atoms. The molecule has 3 atom stereocenters. The minimum Gasteiger partial charge on any atom is -0.388 e. The molecule has 0 aliphatic heterocycles. The van der Waals surface area contributed by atoms with E-state index in [4.69, 9.17) is 0 Å². The molecule has 3 unspecified atom stereocenters. The third-order valence-electron chi connectivity index (χ3n) is 4.52. The number of aromatic nitrogens is 3. The summed E-state index contributed by atoms with van der Waals surface area (Å²) in [5.74, 6) is 4.16. The zero-order chi connectivity index (χ0) is 12.0. The smallest absolute Gasteiger partial charge is 0.159 e. The standard InChI is InChI=1S/C13H21N3O/c1-8(2)16-12(7-17)14-15-13(16)11-6-9-3-4-10(11)5-9/h8-11,17H,3-7H2,1-2H3. The fourth-order valence-corrected chi connectivity index (χ4v) is 3.82. The molecule has 0 aromatic carbocycles. The molecule has 1 aromatic heterocycles. The van der Waals surface area contributed by atoms with Crippen LogP contribution in [0.1, 0.15) is 63.1 Å². The number of hydrogen-bond acceptors (Lipinski definition) is 3.